The van der Waals surface area contributed by atoms with Crippen LogP contribution in [0.4, 0.5) is 0 Å². The summed E-state index contributed by atoms with van der Waals surface area (Å²) < 4.78 is 12.8. The summed E-state index contributed by atoms with van der Waals surface area (Å²) in [4.78, 5) is 0. The molecule has 0 aliphatic heterocycles. The minimum Gasteiger partial charge on any atom is -0.491 e. The van der Waals surface area contributed by atoms with Gasteiger partial charge in [-0.3, -0.25) is 0 Å². The molecule has 3 aromatic rings. The fourth-order valence-corrected chi connectivity index (χ4v) is 5.32. The molecule has 1 radical (unpaired) electrons. The van der Waals surface area contributed by atoms with Gasteiger partial charge in [0.25, 0.3) is 9.04 Å². The molecule has 1 unspecified atom stereocenters. The maximum atomic E-state index is 9.41. The van der Waals surface area contributed by atoms with Crippen LogP contribution in [0.2, 0.25) is 0 Å². The Morgan fingerprint density at radius 1 is 0.886 bits per heavy atom. The average molecular weight is 483 g/mol. The van der Waals surface area contributed by atoms with Gasteiger partial charge in [0.05, 0.1) is 6.10 Å². The summed E-state index contributed by atoms with van der Waals surface area (Å²) in [6, 6.07) is 27.5. The molecule has 2 N–H and O–H groups in total. The second-order valence-electron chi connectivity index (χ2n) is 9.14. The van der Waals surface area contributed by atoms with Crippen LogP contribution >= 0.6 is 0 Å². The van der Waals surface area contributed by atoms with E-state index in [1.165, 1.54) is 16.8 Å². The van der Waals surface area contributed by atoms with Crippen molar-refractivity contribution in [2.45, 2.75) is 46.6 Å². The summed E-state index contributed by atoms with van der Waals surface area (Å²) in [6.07, 6.45) is 2.12. The number of hydrogen-bond acceptors (Lipinski definition) is 4. The van der Waals surface area contributed by atoms with Gasteiger partial charge in [-0.1, -0.05) is 107 Å². The standard InChI is InChI=1S/C24H28BO4Si.C4H9.Li/c1-24(2,3)23(18-28-20-12-10-11-19(17-20)25(26)27)29-30(21-13-6-4-7-14-21)22-15-8-5-9-16-22;1-3-4-2;/h4-17,23,26-27H,18H2,1-3H3;1,3-4H2,2H3;/q;-1;+1. The largest absolute Gasteiger partial charge is 1.00 e. The van der Waals surface area contributed by atoms with Crippen molar-refractivity contribution in [2.24, 2.45) is 5.41 Å². The summed E-state index contributed by atoms with van der Waals surface area (Å²) >= 11 is 0. The van der Waals surface area contributed by atoms with Crippen molar-refractivity contribution in [3.63, 3.8) is 0 Å². The fourth-order valence-electron chi connectivity index (χ4n) is 3.02. The Kier molecular flexibility index (Phi) is 14.3. The molecule has 0 spiro atoms. The van der Waals surface area contributed by atoms with Crippen molar-refractivity contribution in [3.05, 3.63) is 91.9 Å². The average Bonchev–Trinajstić information content (AvgIpc) is 2.84. The minimum absolute atomic E-state index is 0. The molecule has 4 nitrogen and oxygen atoms in total. The van der Waals surface area contributed by atoms with E-state index in [0.717, 1.165) is 6.42 Å². The molecule has 0 aliphatic carbocycles. The molecule has 7 heteroatoms. The summed E-state index contributed by atoms with van der Waals surface area (Å²) in [7, 11) is -2.98. The van der Waals surface area contributed by atoms with Crippen LogP contribution in [0.25, 0.3) is 0 Å². The third-order valence-electron chi connectivity index (χ3n) is 5.21. The zero-order valence-corrected chi connectivity index (χ0v) is 22.8. The number of ether oxygens (including phenoxy) is 1. The Bertz CT molecular complexity index is 910. The van der Waals surface area contributed by atoms with E-state index in [-0.39, 0.29) is 30.4 Å². The first-order chi connectivity index (χ1) is 16.3. The number of hydrogen-bond donors (Lipinski definition) is 2. The second-order valence-corrected chi connectivity index (χ2v) is 11.2. The third kappa shape index (κ3) is 10.8. The number of unbranched alkanes of at least 4 members (excludes halogenated alkanes) is 1. The summed E-state index contributed by atoms with van der Waals surface area (Å²) in [6.45, 7) is 12.5. The van der Waals surface area contributed by atoms with E-state index < -0.39 is 16.2 Å². The normalized spacial score (nSPS) is 11.7. The Balaban J connectivity index is 0.00000114. The van der Waals surface area contributed by atoms with Crippen molar-refractivity contribution in [1.82, 2.24) is 0 Å². The molecule has 0 aromatic heterocycles. The van der Waals surface area contributed by atoms with Crippen molar-refractivity contribution in [3.8, 4) is 5.75 Å². The van der Waals surface area contributed by atoms with E-state index in [0.29, 0.717) is 17.8 Å². The Labute approximate surface area is 225 Å². The van der Waals surface area contributed by atoms with Gasteiger partial charge in [0.2, 0.25) is 0 Å². The molecule has 0 saturated carbocycles. The van der Waals surface area contributed by atoms with Crippen LogP contribution < -0.4 is 39.4 Å². The first-order valence-corrected chi connectivity index (χ1v) is 13.2. The van der Waals surface area contributed by atoms with Crippen LogP contribution in [0, 0.1) is 12.3 Å². The molecule has 181 valence electrons. The molecule has 35 heavy (non-hydrogen) atoms. The van der Waals surface area contributed by atoms with Crippen LogP contribution in [0.15, 0.2) is 84.9 Å². The predicted molar refractivity (Wildman–Crippen MR) is 144 cm³/mol. The van der Waals surface area contributed by atoms with E-state index in [2.05, 4.69) is 58.9 Å². The number of rotatable bonds is 9. The predicted octanol–water partition coefficient (Wildman–Crippen LogP) is 0.607. The van der Waals surface area contributed by atoms with Gasteiger partial charge >= 0.3 is 26.0 Å². The van der Waals surface area contributed by atoms with Gasteiger partial charge in [0.1, 0.15) is 12.4 Å². The Hall–Kier alpha value is -1.78. The van der Waals surface area contributed by atoms with Gasteiger partial charge < -0.3 is 26.1 Å². The van der Waals surface area contributed by atoms with Crippen LogP contribution in [0.3, 0.4) is 0 Å². The molecule has 0 saturated heterocycles. The van der Waals surface area contributed by atoms with Gasteiger partial charge in [-0.25, -0.2) is 0 Å². The summed E-state index contributed by atoms with van der Waals surface area (Å²) in [5.74, 6) is 0.589. The van der Waals surface area contributed by atoms with Gasteiger partial charge in [-0.2, -0.15) is 6.42 Å². The van der Waals surface area contributed by atoms with Gasteiger partial charge in [0, 0.05) is 0 Å². The Morgan fingerprint density at radius 3 is 1.83 bits per heavy atom. The van der Waals surface area contributed by atoms with Crippen molar-refractivity contribution in [1.29, 1.82) is 0 Å². The van der Waals surface area contributed by atoms with Crippen LogP contribution in [-0.2, 0) is 4.43 Å². The minimum atomic E-state index is -1.52. The van der Waals surface area contributed by atoms with Crippen molar-refractivity contribution in [2.75, 3.05) is 6.61 Å². The molecule has 0 amide bonds. The Morgan fingerprint density at radius 2 is 1.40 bits per heavy atom. The second kappa shape index (κ2) is 16.1. The monoisotopic (exact) mass is 483 g/mol. The van der Waals surface area contributed by atoms with E-state index in [9.17, 15) is 10.0 Å². The summed E-state index contributed by atoms with van der Waals surface area (Å²) in [5.41, 5.74) is 0.257. The van der Waals surface area contributed by atoms with Crippen molar-refractivity contribution >= 4 is 32.0 Å². The van der Waals surface area contributed by atoms with E-state index in [1.807, 2.05) is 42.5 Å². The zero-order chi connectivity index (χ0) is 25.0. The van der Waals surface area contributed by atoms with Gasteiger partial charge in [-0.15, -0.1) is 0 Å². The summed E-state index contributed by atoms with van der Waals surface area (Å²) in [5, 5.41) is 21.2. The molecule has 3 aromatic carbocycles. The number of benzene rings is 3. The van der Waals surface area contributed by atoms with Crippen LogP contribution in [-0.4, -0.2) is 38.9 Å². The quantitative estimate of drug-likeness (QED) is 0.346. The first kappa shape index (κ1) is 31.2. The zero-order valence-electron chi connectivity index (χ0n) is 21.8. The first-order valence-electron chi connectivity index (χ1n) is 11.8. The van der Waals surface area contributed by atoms with E-state index >= 15 is 0 Å². The van der Waals surface area contributed by atoms with E-state index in [4.69, 9.17) is 9.16 Å². The molecule has 3 rings (SSSR count). The molecular formula is C28H37BLiO4Si. The topological polar surface area (TPSA) is 58.9 Å². The fraction of sp³-hybridized carbons (Fsp3) is 0.321. The van der Waals surface area contributed by atoms with E-state index in [1.54, 1.807) is 18.2 Å². The van der Waals surface area contributed by atoms with Crippen LogP contribution in [0.5, 0.6) is 5.75 Å². The SMILES string of the molecule is CC(C)(C)C(COc1cccc(B(O)O)c1)O[Si](c1ccccc1)c1ccccc1.[CH2-]CCC.[Li+]. The molecule has 0 fully saturated rings. The molecule has 0 aliphatic rings. The third-order valence-corrected chi connectivity index (χ3v) is 7.44. The molecule has 0 bridgehead atoms. The molecular weight excluding hydrogens is 446 g/mol. The van der Waals surface area contributed by atoms with Gasteiger partial charge in [0.15, 0.2) is 0 Å². The maximum Gasteiger partial charge on any atom is 1.00 e. The smallest absolute Gasteiger partial charge is 0.491 e. The molecule has 0 heterocycles. The van der Waals surface area contributed by atoms with Crippen molar-refractivity contribution < 1.29 is 38.1 Å². The van der Waals surface area contributed by atoms with Crippen LogP contribution in [0.1, 0.15) is 40.5 Å². The van der Waals surface area contributed by atoms with Gasteiger partial charge in [-0.05, 0) is 33.4 Å². The molecule has 1 atom stereocenters. The maximum absolute atomic E-state index is 9.41.